The fourth-order valence-corrected chi connectivity index (χ4v) is 4.95. The van der Waals surface area contributed by atoms with Crippen LogP contribution in [-0.4, -0.2) is 82.4 Å². The maximum atomic E-state index is 15.1. The molecule has 0 radical (unpaired) electrons. The SMILES string of the molecule is CC(=O)NC(N1CCN(c2ccc(N3CC(CNC(=O)C(F)(F)F)OC3=O)cc2)C[C@@H]1F)C(Br)(Br)Br. The maximum absolute atomic E-state index is 15.1. The zero-order valence-electron chi connectivity index (χ0n) is 18.7. The molecule has 3 rings (SSSR count). The Balaban J connectivity index is 1.60. The van der Waals surface area contributed by atoms with Crippen molar-refractivity contribution in [3.63, 3.8) is 0 Å². The highest BCUT2D eigenvalue weighted by Gasteiger charge is 2.42. The Morgan fingerprint density at radius 3 is 2.25 bits per heavy atom. The predicted molar refractivity (Wildman–Crippen MR) is 134 cm³/mol. The van der Waals surface area contributed by atoms with E-state index in [1.165, 1.54) is 16.7 Å². The molecule has 0 spiro atoms. The molecule has 3 atom stereocenters. The van der Waals surface area contributed by atoms with E-state index in [0.29, 0.717) is 24.5 Å². The third-order valence-corrected chi connectivity index (χ3v) is 6.79. The number of hydrogen-bond acceptors (Lipinski definition) is 6. The zero-order chi connectivity index (χ0) is 26.8. The molecule has 2 aliphatic heterocycles. The summed E-state index contributed by atoms with van der Waals surface area (Å²) in [6, 6.07) is 6.62. The largest absolute Gasteiger partial charge is 0.471 e. The Morgan fingerprint density at radius 1 is 1.11 bits per heavy atom. The molecule has 2 fully saturated rings. The van der Waals surface area contributed by atoms with Crippen LogP contribution in [0.3, 0.4) is 0 Å². The highest BCUT2D eigenvalue weighted by molar-refractivity contribution is 9.39. The van der Waals surface area contributed by atoms with Crippen LogP contribution in [0.5, 0.6) is 0 Å². The first-order valence-corrected chi connectivity index (χ1v) is 13.0. The Kier molecular flexibility index (Phi) is 9.15. The van der Waals surface area contributed by atoms with E-state index in [1.54, 1.807) is 29.6 Å². The van der Waals surface area contributed by atoms with Crippen molar-refractivity contribution in [2.45, 2.75) is 33.8 Å². The van der Waals surface area contributed by atoms with Crippen LogP contribution in [0.2, 0.25) is 0 Å². The summed E-state index contributed by atoms with van der Waals surface area (Å²) in [5, 5.41) is 4.40. The third kappa shape index (κ3) is 7.22. The van der Waals surface area contributed by atoms with Gasteiger partial charge in [0.1, 0.15) is 12.3 Å². The van der Waals surface area contributed by atoms with Gasteiger partial charge in [0, 0.05) is 31.4 Å². The van der Waals surface area contributed by atoms with Crippen LogP contribution in [0.1, 0.15) is 6.92 Å². The predicted octanol–water partition coefficient (Wildman–Crippen LogP) is 3.41. The number of benzene rings is 1. The molecule has 200 valence electrons. The van der Waals surface area contributed by atoms with Crippen LogP contribution in [0, 0.1) is 0 Å². The Labute approximate surface area is 229 Å². The summed E-state index contributed by atoms with van der Waals surface area (Å²) in [4.78, 5) is 39.3. The van der Waals surface area contributed by atoms with Crippen molar-refractivity contribution in [3.8, 4) is 0 Å². The molecule has 0 saturated carbocycles. The molecule has 0 aromatic heterocycles. The molecule has 0 aliphatic carbocycles. The fourth-order valence-electron chi connectivity index (χ4n) is 3.81. The van der Waals surface area contributed by atoms with E-state index < -0.39 is 45.4 Å². The minimum absolute atomic E-state index is 0.0191. The van der Waals surface area contributed by atoms with E-state index in [1.807, 2.05) is 4.90 Å². The van der Waals surface area contributed by atoms with Crippen LogP contribution in [0.25, 0.3) is 0 Å². The molecule has 2 unspecified atom stereocenters. The van der Waals surface area contributed by atoms with Gasteiger partial charge in [-0.1, -0.05) is 47.8 Å². The van der Waals surface area contributed by atoms with Gasteiger partial charge in [0.15, 0.2) is 8.44 Å². The van der Waals surface area contributed by atoms with Crippen LogP contribution in [0.4, 0.5) is 33.7 Å². The minimum Gasteiger partial charge on any atom is -0.442 e. The Bertz CT molecular complexity index is 980. The molecule has 0 bridgehead atoms. The van der Waals surface area contributed by atoms with Crippen molar-refractivity contribution in [1.82, 2.24) is 15.5 Å². The number of carbonyl (C=O) groups is 3. The van der Waals surface area contributed by atoms with E-state index >= 15 is 4.39 Å². The first-order valence-electron chi connectivity index (χ1n) is 10.6. The minimum atomic E-state index is -5.02. The summed E-state index contributed by atoms with van der Waals surface area (Å²) in [6.45, 7) is 1.59. The van der Waals surface area contributed by atoms with Crippen molar-refractivity contribution in [3.05, 3.63) is 24.3 Å². The molecular formula is C20H22Br3F4N5O4. The summed E-state index contributed by atoms with van der Waals surface area (Å²) < 4.78 is 56.2. The van der Waals surface area contributed by atoms with Gasteiger partial charge in [0.25, 0.3) is 0 Å². The average molecular weight is 712 g/mol. The van der Waals surface area contributed by atoms with Crippen LogP contribution in [0.15, 0.2) is 24.3 Å². The normalized spacial score (nSPS) is 22.3. The van der Waals surface area contributed by atoms with Crippen LogP contribution >= 0.6 is 47.8 Å². The zero-order valence-corrected chi connectivity index (χ0v) is 23.5. The van der Waals surface area contributed by atoms with Gasteiger partial charge in [-0.3, -0.25) is 14.5 Å². The number of anilines is 2. The van der Waals surface area contributed by atoms with E-state index in [9.17, 15) is 27.6 Å². The van der Waals surface area contributed by atoms with Gasteiger partial charge < -0.3 is 20.3 Å². The lowest BCUT2D eigenvalue weighted by Crippen LogP contribution is -2.63. The average Bonchev–Trinajstić information content (AvgIpc) is 3.15. The lowest BCUT2D eigenvalue weighted by molar-refractivity contribution is -0.173. The van der Waals surface area contributed by atoms with Crippen molar-refractivity contribution < 1.29 is 36.7 Å². The molecule has 16 heteroatoms. The molecule has 9 nitrogen and oxygen atoms in total. The second-order valence-electron chi connectivity index (χ2n) is 8.10. The molecule has 2 saturated heterocycles. The molecule has 3 amide bonds. The number of nitrogens with zero attached hydrogens (tertiary/aromatic N) is 3. The number of carbonyl (C=O) groups excluding carboxylic acids is 3. The molecular weight excluding hydrogens is 690 g/mol. The smallest absolute Gasteiger partial charge is 0.442 e. The second kappa shape index (κ2) is 11.4. The number of nitrogens with one attached hydrogen (secondary N) is 2. The fraction of sp³-hybridized carbons (Fsp3) is 0.550. The van der Waals surface area contributed by atoms with Crippen molar-refractivity contribution in [2.24, 2.45) is 0 Å². The molecule has 1 aromatic carbocycles. The van der Waals surface area contributed by atoms with E-state index in [0.717, 1.165) is 0 Å². The number of piperazine rings is 1. The highest BCUT2D eigenvalue weighted by Crippen LogP contribution is 2.40. The Hall–Kier alpha value is -1.65. The second-order valence-corrected chi connectivity index (χ2v) is 15.0. The van der Waals surface area contributed by atoms with Gasteiger partial charge in [-0.05, 0) is 24.3 Å². The van der Waals surface area contributed by atoms with Crippen LogP contribution in [-0.2, 0) is 14.3 Å². The van der Waals surface area contributed by atoms with E-state index in [4.69, 9.17) is 4.74 Å². The standard InChI is InChI=1S/C20H22Br3F4N5O4/c1-11(33)29-16(19(21,22)23)31-7-6-30(10-15(31)24)12-2-4-13(5-3-12)32-9-14(36-18(32)35)8-28-17(34)20(25,26)27/h2-5,14-16H,6-10H2,1H3,(H,28,34)(H,29,33)/t14?,15-,16?/m1/s1. The van der Waals surface area contributed by atoms with Crippen molar-refractivity contribution >= 4 is 77.1 Å². The summed E-state index contributed by atoms with van der Waals surface area (Å²) in [5.41, 5.74) is 1.14. The van der Waals surface area contributed by atoms with E-state index in [2.05, 4.69) is 53.1 Å². The third-order valence-electron chi connectivity index (χ3n) is 5.49. The first kappa shape index (κ1) is 28.9. The first-order chi connectivity index (χ1) is 16.7. The van der Waals surface area contributed by atoms with Gasteiger partial charge >= 0.3 is 18.2 Å². The van der Waals surface area contributed by atoms with Gasteiger partial charge in [0.05, 0.1) is 19.6 Å². The summed E-state index contributed by atoms with van der Waals surface area (Å²) in [6.07, 6.45) is -8.84. The topological polar surface area (TPSA) is 94.2 Å². The number of rotatable bonds is 6. The number of ether oxygens (including phenoxy) is 1. The maximum Gasteiger partial charge on any atom is 0.471 e. The monoisotopic (exact) mass is 709 g/mol. The lowest BCUT2D eigenvalue weighted by Gasteiger charge is -2.44. The lowest BCUT2D eigenvalue weighted by atomic mass is 10.2. The van der Waals surface area contributed by atoms with Crippen molar-refractivity contribution in [1.29, 1.82) is 0 Å². The molecule has 2 N–H and O–H groups in total. The molecule has 36 heavy (non-hydrogen) atoms. The van der Waals surface area contributed by atoms with Gasteiger partial charge in [-0.15, -0.1) is 0 Å². The quantitative estimate of drug-likeness (QED) is 0.267. The van der Waals surface area contributed by atoms with Crippen LogP contribution < -0.4 is 20.4 Å². The number of cyclic esters (lactones) is 1. The van der Waals surface area contributed by atoms with Gasteiger partial charge in [0.2, 0.25) is 5.91 Å². The van der Waals surface area contributed by atoms with E-state index in [-0.39, 0.29) is 19.0 Å². The highest BCUT2D eigenvalue weighted by atomic mass is 80.0. The summed E-state index contributed by atoms with van der Waals surface area (Å²) in [5.74, 6) is -2.43. The van der Waals surface area contributed by atoms with Gasteiger partial charge in [-0.25, -0.2) is 14.1 Å². The molecule has 1 aromatic rings. The van der Waals surface area contributed by atoms with Gasteiger partial charge in [-0.2, -0.15) is 13.2 Å². The summed E-state index contributed by atoms with van der Waals surface area (Å²) >= 11 is 10.1. The number of hydrogen-bond donors (Lipinski definition) is 2. The Morgan fingerprint density at radius 2 is 1.72 bits per heavy atom. The summed E-state index contributed by atoms with van der Waals surface area (Å²) in [7, 11) is 0. The molecule has 2 aliphatic rings. The van der Waals surface area contributed by atoms with Crippen molar-refractivity contribution in [2.75, 3.05) is 42.5 Å². The number of amides is 3. The molecule has 2 heterocycles. The number of halogens is 7. The number of alkyl halides is 7.